The van der Waals surface area contributed by atoms with Crippen LogP contribution in [0.3, 0.4) is 0 Å². The fourth-order valence-corrected chi connectivity index (χ4v) is 3.01. The van der Waals surface area contributed by atoms with Crippen LogP contribution in [0.15, 0.2) is 42.0 Å². The third-order valence-electron chi connectivity index (χ3n) is 2.95. The highest BCUT2D eigenvalue weighted by atomic mass is 35.5. The minimum atomic E-state index is 0.679. The van der Waals surface area contributed by atoms with Crippen molar-refractivity contribution in [2.75, 3.05) is 0 Å². The zero-order chi connectivity index (χ0) is 12.8. The highest BCUT2D eigenvalue weighted by molar-refractivity contribution is 7.16. The molecule has 0 atom stereocenters. The van der Waals surface area contributed by atoms with Gasteiger partial charge in [0.05, 0.1) is 5.39 Å². The van der Waals surface area contributed by atoms with Crippen LogP contribution in [0.4, 0.5) is 0 Å². The van der Waals surface area contributed by atoms with Crippen LogP contribution in [0.2, 0.25) is 5.02 Å². The Morgan fingerprint density at radius 3 is 3.00 bits per heavy atom. The predicted molar refractivity (Wildman–Crippen MR) is 76.6 cm³/mol. The summed E-state index contributed by atoms with van der Waals surface area (Å²) < 4.78 is 1.89. The molecule has 0 fully saturated rings. The van der Waals surface area contributed by atoms with E-state index < -0.39 is 0 Å². The number of fused-ring (bicyclic) bond motifs is 3. The molecule has 0 N–H and O–H groups in total. The van der Waals surface area contributed by atoms with Crippen molar-refractivity contribution < 1.29 is 0 Å². The second-order valence-corrected chi connectivity index (χ2v) is 5.44. The van der Waals surface area contributed by atoms with Crippen molar-refractivity contribution in [2.45, 2.75) is 0 Å². The second-order valence-electron chi connectivity index (χ2n) is 4.11. The Labute approximate surface area is 117 Å². The van der Waals surface area contributed by atoms with Gasteiger partial charge in [0.25, 0.3) is 0 Å². The van der Waals surface area contributed by atoms with E-state index in [9.17, 15) is 0 Å². The zero-order valence-electron chi connectivity index (χ0n) is 9.62. The van der Waals surface area contributed by atoms with Crippen molar-refractivity contribution in [3.8, 4) is 11.4 Å². The second kappa shape index (κ2) is 4.01. The summed E-state index contributed by atoms with van der Waals surface area (Å²) in [5, 5.41) is 12.2. The zero-order valence-corrected chi connectivity index (χ0v) is 11.2. The fourth-order valence-electron chi connectivity index (χ4n) is 2.09. The molecule has 0 bridgehead atoms. The molecule has 0 aliphatic rings. The van der Waals surface area contributed by atoms with E-state index >= 15 is 0 Å². The molecule has 3 heterocycles. The Morgan fingerprint density at radius 1 is 1.16 bits per heavy atom. The van der Waals surface area contributed by atoms with Crippen LogP contribution < -0.4 is 0 Å². The molecule has 0 radical (unpaired) electrons. The lowest BCUT2D eigenvalue weighted by Gasteiger charge is -2.00. The molecule has 0 unspecified atom stereocenters. The third-order valence-corrected chi connectivity index (χ3v) is 4.01. The Kier molecular flexibility index (Phi) is 2.30. The first-order valence-electron chi connectivity index (χ1n) is 5.66. The van der Waals surface area contributed by atoms with Crippen LogP contribution in [-0.2, 0) is 0 Å². The van der Waals surface area contributed by atoms with Crippen LogP contribution in [0, 0.1) is 0 Å². The Balaban J connectivity index is 2.05. The largest absolute Gasteiger partial charge is 0.265 e. The van der Waals surface area contributed by atoms with Crippen molar-refractivity contribution >= 4 is 38.8 Å². The van der Waals surface area contributed by atoms with Gasteiger partial charge in [-0.05, 0) is 23.6 Å². The molecule has 1 aromatic carbocycles. The normalized spacial score (nSPS) is 11.4. The number of nitrogens with zero attached hydrogens (tertiary/aromatic N) is 4. The number of benzene rings is 1. The lowest BCUT2D eigenvalue weighted by atomic mass is 10.2. The smallest absolute Gasteiger partial charge is 0.172 e. The summed E-state index contributed by atoms with van der Waals surface area (Å²) in [6.45, 7) is 0. The summed E-state index contributed by atoms with van der Waals surface area (Å²) in [6.07, 6.45) is 1.75. The van der Waals surface area contributed by atoms with Gasteiger partial charge in [0.2, 0.25) is 0 Å². The van der Waals surface area contributed by atoms with Gasteiger partial charge in [0.15, 0.2) is 11.5 Å². The number of aromatic nitrogens is 4. The van der Waals surface area contributed by atoms with Crippen molar-refractivity contribution in [3.63, 3.8) is 0 Å². The van der Waals surface area contributed by atoms with E-state index in [0.29, 0.717) is 5.02 Å². The van der Waals surface area contributed by atoms with E-state index in [1.54, 1.807) is 17.7 Å². The van der Waals surface area contributed by atoms with E-state index in [1.165, 1.54) is 0 Å². The quantitative estimate of drug-likeness (QED) is 0.536. The SMILES string of the molecule is Clc1cccc(-c2nnc3c4ccsc4ncn23)c1. The van der Waals surface area contributed by atoms with E-state index in [2.05, 4.69) is 15.2 Å². The molecule has 3 aromatic heterocycles. The molecule has 19 heavy (non-hydrogen) atoms. The lowest BCUT2D eigenvalue weighted by molar-refractivity contribution is 1.09. The third kappa shape index (κ3) is 1.63. The highest BCUT2D eigenvalue weighted by Crippen LogP contribution is 2.26. The molecule has 0 spiro atoms. The van der Waals surface area contributed by atoms with Crippen LogP contribution in [-0.4, -0.2) is 19.6 Å². The van der Waals surface area contributed by atoms with E-state index in [-0.39, 0.29) is 0 Å². The topological polar surface area (TPSA) is 43.1 Å². The molecule has 0 saturated carbocycles. The summed E-state index contributed by atoms with van der Waals surface area (Å²) in [5.74, 6) is 0.748. The van der Waals surface area contributed by atoms with Gasteiger partial charge in [0.1, 0.15) is 11.2 Å². The monoisotopic (exact) mass is 286 g/mol. The van der Waals surface area contributed by atoms with E-state index in [1.807, 2.05) is 40.1 Å². The Morgan fingerprint density at radius 2 is 2.11 bits per heavy atom. The first-order chi connectivity index (χ1) is 9.33. The number of thiophene rings is 1. The molecule has 4 aromatic rings. The summed E-state index contributed by atoms with van der Waals surface area (Å²) in [5.41, 5.74) is 1.75. The van der Waals surface area contributed by atoms with Gasteiger partial charge in [0, 0.05) is 10.6 Å². The molecular weight excluding hydrogens is 280 g/mol. The van der Waals surface area contributed by atoms with Crippen molar-refractivity contribution in [1.82, 2.24) is 19.6 Å². The molecular formula is C13H7ClN4S. The summed E-state index contributed by atoms with van der Waals surface area (Å²) in [6, 6.07) is 9.58. The van der Waals surface area contributed by atoms with Crippen LogP contribution in [0.1, 0.15) is 0 Å². The summed E-state index contributed by atoms with van der Waals surface area (Å²) in [7, 11) is 0. The van der Waals surface area contributed by atoms with Crippen LogP contribution >= 0.6 is 22.9 Å². The summed E-state index contributed by atoms with van der Waals surface area (Å²) in [4.78, 5) is 5.39. The lowest BCUT2D eigenvalue weighted by Crippen LogP contribution is -1.91. The summed E-state index contributed by atoms with van der Waals surface area (Å²) >= 11 is 7.62. The van der Waals surface area contributed by atoms with Gasteiger partial charge in [-0.2, -0.15) is 0 Å². The van der Waals surface area contributed by atoms with Crippen molar-refractivity contribution in [3.05, 3.63) is 47.1 Å². The Hall–Kier alpha value is -1.98. The van der Waals surface area contributed by atoms with Gasteiger partial charge in [-0.25, -0.2) is 4.98 Å². The van der Waals surface area contributed by atoms with Gasteiger partial charge >= 0.3 is 0 Å². The van der Waals surface area contributed by atoms with E-state index in [4.69, 9.17) is 11.6 Å². The van der Waals surface area contributed by atoms with Gasteiger partial charge < -0.3 is 0 Å². The number of hydrogen-bond acceptors (Lipinski definition) is 4. The average Bonchev–Trinajstić information content (AvgIpc) is 3.04. The van der Waals surface area contributed by atoms with Gasteiger partial charge in [-0.1, -0.05) is 23.7 Å². The molecule has 0 aliphatic heterocycles. The number of hydrogen-bond donors (Lipinski definition) is 0. The minimum absolute atomic E-state index is 0.679. The molecule has 4 rings (SSSR count). The molecule has 0 saturated heterocycles. The van der Waals surface area contributed by atoms with Crippen LogP contribution in [0.25, 0.3) is 27.3 Å². The standard InChI is InChI=1S/C13H7ClN4S/c14-9-3-1-2-8(6-9)11-16-17-12-10-4-5-19-13(10)15-7-18(11)12/h1-7H. The number of rotatable bonds is 1. The maximum atomic E-state index is 6.02. The van der Waals surface area contributed by atoms with E-state index in [0.717, 1.165) is 27.3 Å². The van der Waals surface area contributed by atoms with Crippen molar-refractivity contribution in [1.29, 1.82) is 0 Å². The first-order valence-corrected chi connectivity index (χ1v) is 6.91. The highest BCUT2D eigenvalue weighted by Gasteiger charge is 2.11. The fraction of sp³-hybridized carbons (Fsp3) is 0. The molecule has 0 amide bonds. The maximum Gasteiger partial charge on any atom is 0.172 e. The van der Waals surface area contributed by atoms with Gasteiger partial charge in [-0.15, -0.1) is 21.5 Å². The first kappa shape index (κ1) is 10.9. The minimum Gasteiger partial charge on any atom is -0.265 e. The van der Waals surface area contributed by atoms with Crippen LogP contribution in [0.5, 0.6) is 0 Å². The Bertz CT molecular complexity index is 896. The van der Waals surface area contributed by atoms with Crippen molar-refractivity contribution in [2.24, 2.45) is 0 Å². The number of halogens is 1. The predicted octanol–water partition coefficient (Wildman–Crippen LogP) is 3.66. The molecule has 92 valence electrons. The average molecular weight is 287 g/mol. The molecule has 4 nitrogen and oxygen atoms in total. The molecule has 0 aliphatic carbocycles. The maximum absolute atomic E-state index is 6.02. The molecule has 6 heteroatoms. The van der Waals surface area contributed by atoms with Gasteiger partial charge in [-0.3, -0.25) is 4.40 Å².